The zero-order valence-corrected chi connectivity index (χ0v) is 15.5. The number of halogens is 1. The molecule has 120 valence electrons. The second-order valence-corrected chi connectivity index (χ2v) is 6.17. The van der Waals surface area contributed by atoms with Crippen molar-refractivity contribution in [1.82, 2.24) is 30.2 Å². The topological polar surface area (TPSA) is 59.7 Å². The summed E-state index contributed by atoms with van der Waals surface area (Å²) in [4.78, 5) is 0. The highest BCUT2D eigenvalue weighted by Crippen LogP contribution is 2.14. The van der Waals surface area contributed by atoms with Gasteiger partial charge in [0.15, 0.2) is 5.11 Å². The third-order valence-corrected chi connectivity index (χ3v) is 4.29. The van der Waals surface area contributed by atoms with E-state index in [2.05, 4.69) is 50.6 Å². The largest absolute Gasteiger partial charge is 0.359 e. The Morgan fingerprint density at radius 2 is 1.77 bits per heavy atom. The summed E-state index contributed by atoms with van der Waals surface area (Å²) in [6, 6.07) is 0. The second kappa shape index (κ2) is 7.73. The van der Waals surface area contributed by atoms with Crippen LogP contribution in [0, 0.1) is 6.92 Å². The van der Waals surface area contributed by atoms with Crippen LogP contribution >= 0.6 is 28.1 Å². The van der Waals surface area contributed by atoms with Gasteiger partial charge in [-0.1, -0.05) is 0 Å². The molecule has 2 N–H and O–H groups in total. The Balaban J connectivity index is 1.82. The first-order valence-corrected chi connectivity index (χ1v) is 8.50. The summed E-state index contributed by atoms with van der Waals surface area (Å²) in [6.07, 6.45) is 4.01. The smallest absolute Gasteiger partial charge is 0.166 e. The van der Waals surface area contributed by atoms with Gasteiger partial charge in [-0.2, -0.15) is 10.2 Å². The summed E-state index contributed by atoms with van der Waals surface area (Å²) in [7, 11) is 0. The van der Waals surface area contributed by atoms with Gasteiger partial charge in [0.1, 0.15) is 0 Å². The molecule has 2 aromatic rings. The molecule has 6 nitrogen and oxygen atoms in total. The number of nitrogens with zero attached hydrogens (tertiary/aromatic N) is 4. The van der Waals surface area contributed by atoms with Gasteiger partial charge in [0.2, 0.25) is 0 Å². The maximum Gasteiger partial charge on any atom is 0.166 e. The van der Waals surface area contributed by atoms with E-state index in [1.165, 1.54) is 0 Å². The van der Waals surface area contributed by atoms with Crippen molar-refractivity contribution < 1.29 is 0 Å². The summed E-state index contributed by atoms with van der Waals surface area (Å²) in [5.74, 6) is 0. The first-order chi connectivity index (χ1) is 10.5. The predicted molar refractivity (Wildman–Crippen MR) is 94.5 cm³/mol. The van der Waals surface area contributed by atoms with E-state index in [1.54, 1.807) is 0 Å². The Labute approximate surface area is 144 Å². The second-order valence-electron chi connectivity index (χ2n) is 4.91. The van der Waals surface area contributed by atoms with Gasteiger partial charge >= 0.3 is 0 Å². The lowest BCUT2D eigenvalue weighted by molar-refractivity contribution is 0.642. The molecule has 0 aliphatic heterocycles. The molecule has 0 fully saturated rings. The van der Waals surface area contributed by atoms with E-state index in [-0.39, 0.29) is 0 Å². The molecule has 0 atom stereocenters. The lowest BCUT2D eigenvalue weighted by Crippen LogP contribution is -2.34. The van der Waals surface area contributed by atoms with Crippen molar-refractivity contribution in [3.05, 3.63) is 33.8 Å². The van der Waals surface area contributed by atoms with Crippen molar-refractivity contribution in [3.63, 3.8) is 0 Å². The summed E-state index contributed by atoms with van der Waals surface area (Å²) in [6.45, 7) is 9.12. The van der Waals surface area contributed by atoms with Crippen LogP contribution in [-0.4, -0.2) is 24.7 Å². The van der Waals surface area contributed by atoms with Crippen LogP contribution < -0.4 is 10.6 Å². The van der Waals surface area contributed by atoms with E-state index < -0.39 is 0 Å². The van der Waals surface area contributed by atoms with Gasteiger partial charge in [0, 0.05) is 37.6 Å². The van der Waals surface area contributed by atoms with Gasteiger partial charge in [-0.15, -0.1) is 0 Å². The number of aryl methyl sites for hydroxylation is 3. The van der Waals surface area contributed by atoms with Crippen molar-refractivity contribution in [2.75, 3.05) is 0 Å². The van der Waals surface area contributed by atoms with Crippen LogP contribution in [-0.2, 0) is 26.2 Å². The Kier molecular flexibility index (Phi) is 5.96. The average molecular weight is 385 g/mol. The van der Waals surface area contributed by atoms with E-state index in [1.807, 2.05) is 28.7 Å². The van der Waals surface area contributed by atoms with Gasteiger partial charge < -0.3 is 10.6 Å². The fraction of sp³-hybridized carbons (Fsp3) is 0.500. The Hall–Kier alpha value is -1.41. The molecule has 8 heteroatoms. The molecule has 0 aliphatic carbocycles. The maximum atomic E-state index is 5.31. The summed E-state index contributed by atoms with van der Waals surface area (Å²) >= 11 is 8.82. The van der Waals surface area contributed by atoms with Crippen molar-refractivity contribution in [2.24, 2.45) is 0 Å². The molecule has 0 bridgehead atoms. The molecule has 0 amide bonds. The van der Waals surface area contributed by atoms with Gasteiger partial charge in [-0.25, -0.2) is 0 Å². The molecular weight excluding hydrogens is 364 g/mol. The fourth-order valence-electron chi connectivity index (χ4n) is 2.02. The molecule has 0 aliphatic rings. The van der Waals surface area contributed by atoms with Crippen LogP contribution in [0.3, 0.4) is 0 Å². The number of hydrogen-bond donors (Lipinski definition) is 2. The van der Waals surface area contributed by atoms with Gasteiger partial charge in [0.25, 0.3) is 0 Å². The normalized spacial score (nSPS) is 10.7. The highest BCUT2D eigenvalue weighted by molar-refractivity contribution is 9.10. The molecule has 0 saturated carbocycles. The molecule has 2 aromatic heterocycles. The third kappa shape index (κ3) is 4.30. The SMILES string of the molecule is CCn1cc(CNC(=S)NCc2nn(CC)cc2Br)c(C)n1. The van der Waals surface area contributed by atoms with E-state index >= 15 is 0 Å². The fourth-order valence-corrected chi connectivity index (χ4v) is 2.62. The van der Waals surface area contributed by atoms with Crippen molar-refractivity contribution in [3.8, 4) is 0 Å². The molecule has 2 rings (SSSR count). The highest BCUT2D eigenvalue weighted by Gasteiger charge is 2.07. The van der Waals surface area contributed by atoms with Crippen molar-refractivity contribution >= 4 is 33.3 Å². The Morgan fingerprint density at radius 1 is 1.14 bits per heavy atom. The zero-order chi connectivity index (χ0) is 16.1. The molecule has 0 aromatic carbocycles. The van der Waals surface area contributed by atoms with Crippen LogP contribution in [0.5, 0.6) is 0 Å². The first-order valence-electron chi connectivity index (χ1n) is 7.29. The number of thiocarbonyl (C=S) groups is 1. The van der Waals surface area contributed by atoms with Crippen LogP contribution in [0.1, 0.15) is 30.8 Å². The molecule has 0 radical (unpaired) electrons. The first kappa shape index (κ1) is 17.0. The Morgan fingerprint density at radius 3 is 2.36 bits per heavy atom. The third-order valence-electron chi connectivity index (χ3n) is 3.34. The van der Waals surface area contributed by atoms with Crippen LogP contribution in [0.4, 0.5) is 0 Å². The minimum Gasteiger partial charge on any atom is -0.359 e. The maximum absolute atomic E-state index is 5.31. The lowest BCUT2D eigenvalue weighted by Gasteiger charge is -2.09. The molecule has 22 heavy (non-hydrogen) atoms. The molecule has 0 unspecified atom stereocenters. The summed E-state index contributed by atoms with van der Waals surface area (Å²) < 4.78 is 4.81. The van der Waals surface area contributed by atoms with E-state index in [0.717, 1.165) is 34.5 Å². The number of aromatic nitrogens is 4. The molecule has 0 saturated heterocycles. The van der Waals surface area contributed by atoms with Gasteiger partial charge in [0.05, 0.1) is 22.4 Å². The predicted octanol–water partition coefficient (Wildman–Crippen LogP) is 2.35. The summed E-state index contributed by atoms with van der Waals surface area (Å²) in [5, 5.41) is 15.9. The number of rotatable bonds is 6. The van der Waals surface area contributed by atoms with Crippen LogP contribution in [0.15, 0.2) is 16.9 Å². The number of nitrogens with one attached hydrogen (secondary N) is 2. The van der Waals surface area contributed by atoms with E-state index in [9.17, 15) is 0 Å². The standard InChI is InChI=1S/C14H21BrN6S/c1-4-20-8-11(10(3)18-20)6-16-14(22)17-7-13-12(15)9-21(5-2)19-13/h8-9H,4-7H2,1-3H3,(H2,16,17,22). The van der Waals surface area contributed by atoms with Gasteiger partial charge in [-0.05, 0) is 48.9 Å². The lowest BCUT2D eigenvalue weighted by atomic mass is 10.3. The van der Waals surface area contributed by atoms with E-state index in [4.69, 9.17) is 12.2 Å². The van der Waals surface area contributed by atoms with Crippen molar-refractivity contribution in [2.45, 2.75) is 47.0 Å². The monoisotopic (exact) mass is 384 g/mol. The zero-order valence-electron chi connectivity index (χ0n) is 13.1. The highest BCUT2D eigenvalue weighted by atomic mass is 79.9. The quantitative estimate of drug-likeness (QED) is 0.748. The Bertz CT molecular complexity index is 594. The number of hydrogen-bond acceptors (Lipinski definition) is 3. The molecule has 2 heterocycles. The minimum absolute atomic E-state index is 0.590. The molecule has 0 spiro atoms. The minimum atomic E-state index is 0.590. The van der Waals surface area contributed by atoms with Crippen LogP contribution in [0.25, 0.3) is 0 Å². The average Bonchev–Trinajstić information content (AvgIpc) is 3.05. The van der Waals surface area contributed by atoms with E-state index in [0.29, 0.717) is 18.2 Å². The van der Waals surface area contributed by atoms with Crippen molar-refractivity contribution in [1.29, 1.82) is 0 Å². The van der Waals surface area contributed by atoms with Gasteiger partial charge in [-0.3, -0.25) is 9.36 Å². The van der Waals surface area contributed by atoms with Crippen LogP contribution in [0.2, 0.25) is 0 Å². The summed E-state index contributed by atoms with van der Waals surface area (Å²) in [5.41, 5.74) is 3.13. The molecular formula is C14H21BrN6S.